The number of fused-ring (bicyclic) bond motifs is 1. The Hall–Kier alpha value is -2.12. The van der Waals surface area contributed by atoms with Gasteiger partial charge in [0, 0.05) is 58.9 Å². The summed E-state index contributed by atoms with van der Waals surface area (Å²) in [5.41, 5.74) is 2.28. The smallest absolute Gasteiger partial charge is 0.191 e. The molecule has 1 atom stereocenters. The average molecular weight is 386 g/mol. The fourth-order valence-electron chi connectivity index (χ4n) is 3.78. The maximum Gasteiger partial charge on any atom is 0.191 e. The third-order valence-electron chi connectivity index (χ3n) is 5.65. The van der Waals surface area contributed by atoms with Crippen molar-refractivity contribution in [3.05, 3.63) is 30.1 Å². The highest BCUT2D eigenvalue weighted by molar-refractivity contribution is 5.79. The van der Waals surface area contributed by atoms with Crippen LogP contribution in [0.25, 0.3) is 11.0 Å². The maximum atomic E-state index is 4.64. The molecule has 1 fully saturated rings. The van der Waals surface area contributed by atoms with Gasteiger partial charge in [-0.15, -0.1) is 0 Å². The van der Waals surface area contributed by atoms with Crippen LogP contribution in [0.4, 0.5) is 0 Å². The first-order chi connectivity index (χ1) is 13.6. The van der Waals surface area contributed by atoms with Crippen molar-refractivity contribution in [1.82, 2.24) is 30.0 Å². The van der Waals surface area contributed by atoms with E-state index in [4.69, 9.17) is 0 Å². The van der Waals surface area contributed by atoms with Gasteiger partial charge < -0.3 is 20.1 Å². The minimum absolute atomic E-state index is 0.507. The number of piperazine rings is 1. The molecular weight excluding hydrogens is 350 g/mol. The van der Waals surface area contributed by atoms with Crippen molar-refractivity contribution in [3.8, 4) is 0 Å². The van der Waals surface area contributed by atoms with Crippen LogP contribution in [0.2, 0.25) is 0 Å². The van der Waals surface area contributed by atoms with E-state index in [0.717, 1.165) is 69.5 Å². The van der Waals surface area contributed by atoms with Crippen LogP contribution in [0.15, 0.2) is 29.3 Å². The molecule has 0 bridgehead atoms. The molecule has 0 radical (unpaired) electrons. The van der Waals surface area contributed by atoms with Crippen LogP contribution in [-0.4, -0.2) is 84.7 Å². The van der Waals surface area contributed by atoms with Gasteiger partial charge in [0.2, 0.25) is 0 Å². The number of nitrogens with one attached hydrogen (secondary N) is 2. The van der Waals surface area contributed by atoms with Crippen molar-refractivity contribution in [3.63, 3.8) is 0 Å². The van der Waals surface area contributed by atoms with Crippen LogP contribution in [0.1, 0.15) is 19.2 Å². The molecule has 1 aromatic carbocycles. The lowest BCUT2D eigenvalue weighted by Gasteiger charge is -2.36. The number of benzene rings is 1. The summed E-state index contributed by atoms with van der Waals surface area (Å²) in [6.07, 6.45) is 1.02. The van der Waals surface area contributed by atoms with Crippen LogP contribution in [0.5, 0.6) is 0 Å². The molecule has 0 amide bonds. The normalized spacial score (nSPS) is 17.8. The molecular formula is C21H35N7. The molecule has 2 aromatic rings. The zero-order chi connectivity index (χ0) is 19.9. The van der Waals surface area contributed by atoms with Crippen molar-refractivity contribution >= 4 is 17.0 Å². The highest BCUT2D eigenvalue weighted by Crippen LogP contribution is 2.15. The first-order valence-electron chi connectivity index (χ1n) is 10.4. The molecule has 1 saturated heterocycles. The number of aryl methyl sites for hydroxylation is 2. The van der Waals surface area contributed by atoms with Gasteiger partial charge in [0.25, 0.3) is 0 Å². The summed E-state index contributed by atoms with van der Waals surface area (Å²) in [5, 5.41) is 6.92. The Morgan fingerprint density at radius 3 is 2.68 bits per heavy atom. The SMILES string of the molecule is CN=C(NCCCn1c(C)nc2ccccc21)NCC(C)N1CCN(C)CC1. The zero-order valence-electron chi connectivity index (χ0n) is 17.8. The Morgan fingerprint density at radius 1 is 1.18 bits per heavy atom. The number of nitrogens with zero attached hydrogens (tertiary/aromatic N) is 5. The van der Waals surface area contributed by atoms with Crippen molar-refractivity contribution in [1.29, 1.82) is 0 Å². The fraction of sp³-hybridized carbons (Fsp3) is 0.619. The summed E-state index contributed by atoms with van der Waals surface area (Å²) in [5.74, 6) is 1.96. The van der Waals surface area contributed by atoms with E-state index in [0.29, 0.717) is 6.04 Å². The first kappa shape index (κ1) is 20.6. The summed E-state index contributed by atoms with van der Waals surface area (Å²) in [6, 6.07) is 8.84. The van der Waals surface area contributed by atoms with Crippen LogP contribution >= 0.6 is 0 Å². The van der Waals surface area contributed by atoms with Gasteiger partial charge in [0.05, 0.1) is 11.0 Å². The van der Waals surface area contributed by atoms with Crippen molar-refractivity contribution in [2.75, 3.05) is 53.4 Å². The first-order valence-corrected chi connectivity index (χ1v) is 10.4. The molecule has 0 spiro atoms. The Bertz CT molecular complexity index is 774. The summed E-state index contributed by atoms with van der Waals surface area (Å²) < 4.78 is 2.29. The molecule has 28 heavy (non-hydrogen) atoms. The van der Waals surface area contributed by atoms with Gasteiger partial charge in [-0.1, -0.05) is 12.1 Å². The summed E-state index contributed by atoms with van der Waals surface area (Å²) in [6.45, 7) is 11.7. The van der Waals surface area contributed by atoms with Gasteiger partial charge in [0.1, 0.15) is 5.82 Å². The second-order valence-corrected chi connectivity index (χ2v) is 7.72. The predicted molar refractivity (Wildman–Crippen MR) is 117 cm³/mol. The molecule has 0 saturated carbocycles. The third kappa shape index (κ3) is 5.23. The van der Waals surface area contributed by atoms with E-state index in [1.54, 1.807) is 0 Å². The monoisotopic (exact) mass is 385 g/mol. The quantitative estimate of drug-likeness (QED) is 0.430. The minimum atomic E-state index is 0.507. The van der Waals surface area contributed by atoms with Crippen LogP contribution in [-0.2, 0) is 6.54 Å². The second-order valence-electron chi connectivity index (χ2n) is 7.72. The van der Waals surface area contributed by atoms with Crippen molar-refractivity contribution in [2.24, 2.45) is 4.99 Å². The number of aromatic nitrogens is 2. The van der Waals surface area contributed by atoms with Gasteiger partial charge in [-0.2, -0.15) is 0 Å². The molecule has 3 rings (SSSR count). The van der Waals surface area contributed by atoms with Crippen LogP contribution in [0, 0.1) is 6.92 Å². The topological polar surface area (TPSA) is 60.7 Å². The number of hydrogen-bond donors (Lipinski definition) is 2. The minimum Gasteiger partial charge on any atom is -0.356 e. The molecule has 7 heteroatoms. The van der Waals surface area contributed by atoms with Crippen LogP contribution in [0.3, 0.4) is 0 Å². The number of likely N-dealkylation sites (N-methyl/N-ethyl adjacent to an activating group) is 1. The molecule has 154 valence electrons. The van der Waals surface area contributed by atoms with E-state index < -0.39 is 0 Å². The van der Waals surface area contributed by atoms with Crippen LogP contribution < -0.4 is 10.6 Å². The van der Waals surface area contributed by atoms with Gasteiger partial charge in [-0.25, -0.2) is 4.98 Å². The fourth-order valence-corrected chi connectivity index (χ4v) is 3.78. The Kier molecular flexibility index (Phi) is 7.28. The Balaban J connectivity index is 1.40. The molecule has 1 aromatic heterocycles. The number of imidazole rings is 1. The molecule has 1 unspecified atom stereocenters. The lowest BCUT2D eigenvalue weighted by atomic mass is 10.2. The number of rotatable bonds is 7. The van der Waals surface area contributed by atoms with Crippen molar-refractivity contribution in [2.45, 2.75) is 32.9 Å². The van der Waals surface area contributed by atoms with E-state index in [-0.39, 0.29) is 0 Å². The number of para-hydroxylation sites is 2. The third-order valence-corrected chi connectivity index (χ3v) is 5.65. The van der Waals surface area contributed by atoms with E-state index in [1.165, 1.54) is 5.52 Å². The number of aliphatic imine (C=N–C) groups is 1. The molecule has 2 heterocycles. The highest BCUT2D eigenvalue weighted by Gasteiger charge is 2.19. The average Bonchev–Trinajstić information content (AvgIpc) is 3.03. The van der Waals surface area contributed by atoms with Gasteiger partial charge in [-0.3, -0.25) is 9.89 Å². The zero-order valence-corrected chi connectivity index (χ0v) is 17.8. The number of guanidine groups is 1. The lowest BCUT2D eigenvalue weighted by molar-refractivity contribution is 0.120. The summed E-state index contributed by atoms with van der Waals surface area (Å²) >= 11 is 0. The van der Waals surface area contributed by atoms with E-state index in [9.17, 15) is 0 Å². The predicted octanol–water partition coefficient (Wildman–Crippen LogP) is 1.54. The lowest BCUT2D eigenvalue weighted by Crippen LogP contribution is -2.52. The van der Waals surface area contributed by atoms with Gasteiger partial charge in [0.15, 0.2) is 5.96 Å². The van der Waals surface area contributed by atoms with Gasteiger partial charge in [-0.05, 0) is 39.4 Å². The Labute approximate surface area is 168 Å². The molecule has 2 N–H and O–H groups in total. The number of hydrogen-bond acceptors (Lipinski definition) is 4. The Morgan fingerprint density at radius 2 is 1.93 bits per heavy atom. The molecule has 1 aliphatic rings. The largest absolute Gasteiger partial charge is 0.356 e. The van der Waals surface area contributed by atoms with E-state index in [1.807, 2.05) is 13.1 Å². The summed E-state index contributed by atoms with van der Waals surface area (Å²) in [4.78, 5) is 13.9. The van der Waals surface area contributed by atoms with E-state index >= 15 is 0 Å². The molecule has 1 aliphatic heterocycles. The molecule has 7 nitrogen and oxygen atoms in total. The standard InChI is InChI=1S/C21H35N7/c1-17(27-14-12-26(4)13-15-27)16-24-21(22-3)23-10-7-11-28-18(2)25-19-8-5-6-9-20(19)28/h5-6,8-9,17H,7,10-16H2,1-4H3,(H2,22,23,24). The second kappa shape index (κ2) is 9.89. The highest BCUT2D eigenvalue weighted by atomic mass is 15.3. The van der Waals surface area contributed by atoms with Crippen molar-refractivity contribution < 1.29 is 0 Å². The van der Waals surface area contributed by atoms with E-state index in [2.05, 4.69) is 74.1 Å². The molecule has 0 aliphatic carbocycles. The maximum absolute atomic E-state index is 4.64. The van der Waals surface area contributed by atoms with Gasteiger partial charge >= 0.3 is 0 Å². The summed E-state index contributed by atoms with van der Waals surface area (Å²) in [7, 11) is 4.03.